The highest BCUT2D eigenvalue weighted by Gasteiger charge is 2.82. The molecule has 2 bridgehead atoms. The molecule has 0 aromatic rings. The predicted octanol–water partition coefficient (Wildman–Crippen LogP) is 1.64. The second kappa shape index (κ2) is 4.89. The lowest BCUT2D eigenvalue weighted by molar-refractivity contribution is -0.225. The zero-order chi connectivity index (χ0) is 21.8. The van der Waals surface area contributed by atoms with Gasteiger partial charge in [0, 0.05) is 27.7 Å². The third kappa shape index (κ3) is 1.86. The van der Waals surface area contributed by atoms with Crippen molar-refractivity contribution < 1.29 is 38.1 Å². The summed E-state index contributed by atoms with van der Waals surface area (Å²) in [6.07, 6.45) is 0.996. The zero-order valence-electron chi connectivity index (χ0n) is 17.6. The molecular formula is C23H22O8. The van der Waals surface area contributed by atoms with Crippen LogP contribution in [0.25, 0.3) is 0 Å². The van der Waals surface area contributed by atoms with E-state index in [1.165, 1.54) is 27.7 Å². The van der Waals surface area contributed by atoms with Gasteiger partial charge in [0.05, 0.1) is 0 Å². The van der Waals surface area contributed by atoms with E-state index >= 15 is 0 Å². The normalized spacial score (nSPS) is 46.8. The van der Waals surface area contributed by atoms with Crippen molar-refractivity contribution in [3.05, 3.63) is 22.3 Å². The first kappa shape index (κ1) is 18.0. The van der Waals surface area contributed by atoms with Crippen LogP contribution in [-0.4, -0.2) is 35.5 Å². The second-order valence-electron chi connectivity index (χ2n) is 10.8. The van der Waals surface area contributed by atoms with Gasteiger partial charge in [0.15, 0.2) is 0 Å². The van der Waals surface area contributed by atoms with Crippen molar-refractivity contribution in [2.75, 3.05) is 0 Å². The summed E-state index contributed by atoms with van der Waals surface area (Å²) < 4.78 is 21.5. The predicted molar refractivity (Wildman–Crippen MR) is 99.1 cm³/mol. The molecule has 7 rings (SSSR count). The van der Waals surface area contributed by atoms with Crippen molar-refractivity contribution in [3.8, 4) is 0 Å². The SMILES string of the molecule is CC1(C)OC(=O)C(=C2[C@@H]3[C@H]4C5C6C[C@H]4[C@H]2[C@@H]6C(=C2C(=O)OC(C)(C)OC2=O)[C@@H]53)C(=O)O1. The van der Waals surface area contributed by atoms with Crippen LogP contribution in [0, 0.1) is 47.3 Å². The van der Waals surface area contributed by atoms with Gasteiger partial charge in [0.2, 0.25) is 0 Å². The van der Waals surface area contributed by atoms with E-state index in [0.717, 1.165) is 17.6 Å². The molecule has 7 fully saturated rings. The van der Waals surface area contributed by atoms with Gasteiger partial charge in [0.25, 0.3) is 11.6 Å². The first-order valence-electron chi connectivity index (χ1n) is 10.9. The molecular weight excluding hydrogens is 404 g/mol. The molecule has 2 unspecified atom stereocenters. The van der Waals surface area contributed by atoms with Gasteiger partial charge in [-0.2, -0.15) is 0 Å². The third-order valence-corrected chi connectivity index (χ3v) is 8.69. The molecule has 8 atom stereocenters. The average Bonchev–Trinajstić information content (AvgIpc) is 3.11. The number of hydrogen-bond donors (Lipinski definition) is 0. The van der Waals surface area contributed by atoms with Gasteiger partial charge in [-0.3, -0.25) is 0 Å². The Bertz CT molecular complexity index is 973. The summed E-state index contributed by atoms with van der Waals surface area (Å²) in [6.45, 7) is 6.15. The number of esters is 4. The largest absolute Gasteiger partial charge is 0.419 e. The smallest absolute Gasteiger partial charge is 0.348 e. The maximum atomic E-state index is 12.8. The number of fused-ring (bicyclic) bond motifs is 2. The van der Waals surface area contributed by atoms with E-state index in [-0.39, 0.29) is 34.8 Å². The summed E-state index contributed by atoms with van der Waals surface area (Å²) in [5, 5.41) is 0. The summed E-state index contributed by atoms with van der Waals surface area (Å²) in [4.78, 5) is 51.3. The minimum atomic E-state index is -1.28. The van der Waals surface area contributed by atoms with Crippen molar-refractivity contribution in [2.45, 2.75) is 45.7 Å². The molecule has 5 aliphatic carbocycles. The lowest BCUT2D eigenvalue weighted by Crippen LogP contribution is -2.48. The molecule has 8 nitrogen and oxygen atoms in total. The van der Waals surface area contributed by atoms with Crippen molar-refractivity contribution in [1.82, 2.24) is 0 Å². The van der Waals surface area contributed by atoms with Crippen LogP contribution in [0.3, 0.4) is 0 Å². The Morgan fingerprint density at radius 2 is 0.903 bits per heavy atom. The fourth-order valence-corrected chi connectivity index (χ4v) is 8.39. The summed E-state index contributed by atoms with van der Waals surface area (Å²) in [6, 6.07) is 0. The molecule has 2 aliphatic heterocycles. The monoisotopic (exact) mass is 426 g/mol. The summed E-state index contributed by atoms with van der Waals surface area (Å²) in [7, 11) is 0. The van der Waals surface area contributed by atoms with Crippen LogP contribution in [0.15, 0.2) is 22.3 Å². The zero-order valence-corrected chi connectivity index (χ0v) is 17.6. The molecule has 8 heteroatoms. The molecule has 2 heterocycles. The van der Waals surface area contributed by atoms with Gasteiger partial charge in [-0.25, -0.2) is 19.2 Å². The molecule has 0 aromatic carbocycles. The maximum Gasteiger partial charge on any atom is 0.348 e. The number of hydrogen-bond acceptors (Lipinski definition) is 8. The lowest BCUT2D eigenvalue weighted by atomic mass is 9.56. The van der Waals surface area contributed by atoms with Crippen LogP contribution < -0.4 is 0 Å². The first-order chi connectivity index (χ1) is 14.5. The summed E-state index contributed by atoms with van der Waals surface area (Å²) in [5.74, 6) is -3.71. The highest BCUT2D eigenvalue weighted by Crippen LogP contribution is 2.86. The van der Waals surface area contributed by atoms with E-state index in [9.17, 15) is 19.2 Å². The summed E-state index contributed by atoms with van der Waals surface area (Å²) >= 11 is 0. The number of rotatable bonds is 0. The highest BCUT2D eigenvalue weighted by atomic mass is 16.7. The first-order valence-corrected chi connectivity index (χ1v) is 10.9. The Labute approximate surface area is 177 Å². The van der Waals surface area contributed by atoms with Crippen LogP contribution >= 0.6 is 0 Å². The van der Waals surface area contributed by atoms with Gasteiger partial charge in [0.1, 0.15) is 11.1 Å². The van der Waals surface area contributed by atoms with E-state index in [1.807, 2.05) is 0 Å². The second-order valence-corrected chi connectivity index (χ2v) is 10.8. The summed E-state index contributed by atoms with van der Waals surface area (Å²) in [5.41, 5.74) is 1.76. The number of carbonyl (C=O) groups excluding carboxylic acids is 4. The molecule has 0 N–H and O–H groups in total. The van der Waals surface area contributed by atoms with Crippen molar-refractivity contribution in [3.63, 3.8) is 0 Å². The molecule has 7 aliphatic rings. The number of allylic oxidation sites excluding steroid dienone is 2. The fourth-order valence-electron chi connectivity index (χ4n) is 8.39. The minimum Gasteiger partial charge on any atom is -0.419 e. The standard InChI is InChI=1S/C23H22O8/c1-22(2)28-18(24)16(19(25)29-22)14-10-6-5-7-9-8(6)12(14)13(9)15(11(7)10)17-20(26)30-23(3,4)31-21(17)27/h6-13H,5H2,1-4H3/t6-,7?,8-,9?,10+,11-,12-,13+/m1/s1. The maximum absolute atomic E-state index is 12.8. The third-order valence-electron chi connectivity index (χ3n) is 8.69. The van der Waals surface area contributed by atoms with E-state index in [2.05, 4.69) is 0 Å². The van der Waals surface area contributed by atoms with Gasteiger partial charge < -0.3 is 18.9 Å². The van der Waals surface area contributed by atoms with Crippen LogP contribution in [0.4, 0.5) is 0 Å². The Morgan fingerprint density at radius 1 is 0.581 bits per heavy atom. The van der Waals surface area contributed by atoms with Gasteiger partial charge >= 0.3 is 23.9 Å². The minimum absolute atomic E-state index is 0.0295. The van der Waals surface area contributed by atoms with Gasteiger partial charge in [-0.05, 0) is 64.9 Å². The fraction of sp³-hybridized carbons (Fsp3) is 0.652. The quantitative estimate of drug-likeness (QED) is 0.327. The molecule has 0 radical (unpaired) electrons. The van der Waals surface area contributed by atoms with Crippen molar-refractivity contribution in [1.29, 1.82) is 0 Å². The molecule has 0 amide bonds. The molecule has 2 saturated heterocycles. The molecule has 162 valence electrons. The topological polar surface area (TPSA) is 105 Å². The highest BCUT2D eigenvalue weighted by molar-refractivity contribution is 6.17. The average molecular weight is 426 g/mol. The Balaban J connectivity index is 1.38. The van der Waals surface area contributed by atoms with Crippen LogP contribution in [-0.2, 0) is 38.1 Å². The van der Waals surface area contributed by atoms with Gasteiger partial charge in [-0.1, -0.05) is 0 Å². The van der Waals surface area contributed by atoms with E-state index in [0.29, 0.717) is 23.7 Å². The van der Waals surface area contributed by atoms with Crippen molar-refractivity contribution in [2.24, 2.45) is 47.3 Å². The molecule has 31 heavy (non-hydrogen) atoms. The van der Waals surface area contributed by atoms with Crippen LogP contribution in [0.5, 0.6) is 0 Å². The molecule has 5 saturated carbocycles. The number of carbonyl (C=O) groups is 4. The van der Waals surface area contributed by atoms with Crippen molar-refractivity contribution >= 4 is 23.9 Å². The number of cyclic esters (lactones) is 4. The Morgan fingerprint density at radius 3 is 1.23 bits per heavy atom. The molecule has 0 spiro atoms. The molecule has 0 aromatic heterocycles. The van der Waals surface area contributed by atoms with Gasteiger partial charge in [-0.15, -0.1) is 0 Å². The number of ether oxygens (including phenoxy) is 4. The Hall–Kier alpha value is -2.64. The van der Waals surface area contributed by atoms with Crippen LogP contribution in [0.1, 0.15) is 34.1 Å². The van der Waals surface area contributed by atoms with Crippen LogP contribution in [0.2, 0.25) is 0 Å². The van der Waals surface area contributed by atoms with E-state index < -0.39 is 35.5 Å². The van der Waals surface area contributed by atoms with E-state index in [1.54, 1.807) is 0 Å². The Kier molecular flexibility index (Phi) is 2.84. The lowest BCUT2D eigenvalue weighted by Gasteiger charge is -2.47. The van der Waals surface area contributed by atoms with E-state index in [4.69, 9.17) is 18.9 Å².